The van der Waals surface area contributed by atoms with Crippen molar-refractivity contribution in [3.05, 3.63) is 6.92 Å². The predicted octanol–water partition coefficient (Wildman–Crippen LogP) is 10.1. The van der Waals surface area contributed by atoms with Crippen molar-refractivity contribution in [2.75, 3.05) is 0 Å². The highest BCUT2D eigenvalue weighted by atomic mass is 14.1. The quantitative estimate of drug-likeness (QED) is 0.167. The lowest BCUT2D eigenvalue weighted by Crippen LogP contribution is -2.00. The molecule has 1 atom stereocenters. The third-order valence-corrected chi connectivity index (χ3v) is 6.04. The third kappa shape index (κ3) is 20.3. The first-order valence-corrected chi connectivity index (χ1v) is 12.6. The van der Waals surface area contributed by atoms with Crippen molar-refractivity contribution in [3.8, 4) is 0 Å². The molecule has 0 aliphatic carbocycles. The van der Waals surface area contributed by atoms with Crippen LogP contribution in [0.3, 0.4) is 0 Å². The molecule has 0 rings (SSSR count). The van der Waals surface area contributed by atoms with Crippen LogP contribution in [0.25, 0.3) is 0 Å². The standard InChI is InChI=1S/C26H53/c1-4-7-9-11-13-15-16-18-20-22-25-26(23-6-3)24-21-19-17-14-12-10-8-5-2/h26H,3-25H2,1-2H3. The smallest absolute Gasteiger partial charge is 0.0414 e. The molecule has 1 unspecified atom stereocenters. The van der Waals surface area contributed by atoms with Gasteiger partial charge < -0.3 is 0 Å². The summed E-state index contributed by atoms with van der Waals surface area (Å²) in [6.07, 6.45) is 31.6. The maximum Gasteiger partial charge on any atom is -0.0414 e. The van der Waals surface area contributed by atoms with Gasteiger partial charge in [0.2, 0.25) is 0 Å². The Balaban J connectivity index is 3.41. The van der Waals surface area contributed by atoms with Gasteiger partial charge in [0.25, 0.3) is 0 Å². The van der Waals surface area contributed by atoms with Crippen molar-refractivity contribution < 1.29 is 0 Å². The number of unbranched alkanes of at least 4 members (excludes halogenated alkanes) is 16. The van der Waals surface area contributed by atoms with Crippen molar-refractivity contribution in [1.82, 2.24) is 0 Å². The summed E-state index contributed by atoms with van der Waals surface area (Å²) in [5, 5.41) is 0. The predicted molar refractivity (Wildman–Crippen MR) is 122 cm³/mol. The van der Waals surface area contributed by atoms with Gasteiger partial charge in [-0.25, -0.2) is 0 Å². The van der Waals surface area contributed by atoms with E-state index in [1.54, 1.807) is 0 Å². The molecule has 1 radical (unpaired) electrons. The van der Waals surface area contributed by atoms with Crippen LogP contribution in [0.2, 0.25) is 0 Å². The van der Waals surface area contributed by atoms with Gasteiger partial charge in [0, 0.05) is 0 Å². The molecule has 0 aromatic rings. The van der Waals surface area contributed by atoms with E-state index in [0.717, 1.165) is 12.3 Å². The molecule has 0 aromatic carbocycles. The first-order valence-electron chi connectivity index (χ1n) is 12.6. The summed E-state index contributed by atoms with van der Waals surface area (Å²) < 4.78 is 0. The molecule has 0 heterocycles. The summed E-state index contributed by atoms with van der Waals surface area (Å²) in [5.74, 6) is 0.974. The van der Waals surface area contributed by atoms with Crippen LogP contribution in [0.1, 0.15) is 155 Å². The molecule has 0 saturated carbocycles. The Morgan fingerprint density at radius 3 is 1.04 bits per heavy atom. The highest BCUT2D eigenvalue weighted by Crippen LogP contribution is 2.23. The van der Waals surface area contributed by atoms with Crippen LogP contribution in [0, 0.1) is 12.8 Å². The second-order valence-corrected chi connectivity index (χ2v) is 8.74. The number of hydrogen-bond donors (Lipinski definition) is 0. The van der Waals surface area contributed by atoms with Gasteiger partial charge in [-0.2, -0.15) is 0 Å². The van der Waals surface area contributed by atoms with E-state index in [1.807, 2.05) is 0 Å². The molecule has 0 heteroatoms. The van der Waals surface area contributed by atoms with E-state index >= 15 is 0 Å². The topological polar surface area (TPSA) is 0 Å². The molecule has 0 N–H and O–H groups in total. The minimum absolute atomic E-state index is 0.974. The second-order valence-electron chi connectivity index (χ2n) is 8.74. The fourth-order valence-corrected chi connectivity index (χ4v) is 4.21. The highest BCUT2D eigenvalue weighted by Gasteiger charge is 2.07. The Bertz CT molecular complexity index is 232. The average molecular weight is 366 g/mol. The molecular formula is C26H53. The van der Waals surface area contributed by atoms with E-state index in [1.165, 1.54) is 135 Å². The fourth-order valence-electron chi connectivity index (χ4n) is 4.21. The van der Waals surface area contributed by atoms with Crippen LogP contribution in [0.4, 0.5) is 0 Å². The second kappa shape index (κ2) is 23.0. The Hall–Kier alpha value is 0. The van der Waals surface area contributed by atoms with Gasteiger partial charge in [-0.05, 0) is 5.92 Å². The van der Waals surface area contributed by atoms with Gasteiger partial charge in [0.1, 0.15) is 0 Å². The highest BCUT2D eigenvalue weighted by molar-refractivity contribution is 4.62. The lowest BCUT2D eigenvalue weighted by molar-refractivity contribution is 0.381. The molecular weight excluding hydrogens is 312 g/mol. The maximum atomic E-state index is 4.11. The SMILES string of the molecule is [CH2]CCC(CCCCCCCCCC)CCCCCCCCCCCC. The molecule has 0 spiro atoms. The largest absolute Gasteiger partial charge is 0.0654 e. The van der Waals surface area contributed by atoms with Crippen LogP contribution < -0.4 is 0 Å². The zero-order valence-corrected chi connectivity index (χ0v) is 18.8. The summed E-state index contributed by atoms with van der Waals surface area (Å²) >= 11 is 0. The zero-order valence-electron chi connectivity index (χ0n) is 18.8. The van der Waals surface area contributed by atoms with Gasteiger partial charge in [-0.15, -0.1) is 0 Å². The summed E-state index contributed by atoms with van der Waals surface area (Å²) in [4.78, 5) is 0. The third-order valence-electron chi connectivity index (χ3n) is 6.04. The molecule has 157 valence electrons. The van der Waals surface area contributed by atoms with E-state index in [2.05, 4.69) is 20.8 Å². The van der Waals surface area contributed by atoms with E-state index in [4.69, 9.17) is 0 Å². The van der Waals surface area contributed by atoms with Crippen LogP contribution >= 0.6 is 0 Å². The Kier molecular flexibility index (Phi) is 23.0. The molecule has 0 amide bonds. The molecule has 0 aromatic heterocycles. The number of hydrogen-bond acceptors (Lipinski definition) is 0. The molecule has 26 heavy (non-hydrogen) atoms. The molecule has 0 saturated heterocycles. The molecule has 0 aliphatic rings. The summed E-state index contributed by atoms with van der Waals surface area (Å²) in [5.41, 5.74) is 0. The Morgan fingerprint density at radius 2 is 0.731 bits per heavy atom. The van der Waals surface area contributed by atoms with Crippen LogP contribution in [0.15, 0.2) is 0 Å². The van der Waals surface area contributed by atoms with Crippen molar-refractivity contribution in [1.29, 1.82) is 0 Å². The normalized spacial score (nSPS) is 12.6. The van der Waals surface area contributed by atoms with Gasteiger partial charge in [-0.1, -0.05) is 162 Å². The Labute approximate surface area is 168 Å². The minimum atomic E-state index is 0.974. The lowest BCUT2D eigenvalue weighted by Gasteiger charge is -2.16. The average Bonchev–Trinajstić information content (AvgIpc) is 2.65. The van der Waals surface area contributed by atoms with E-state index in [-0.39, 0.29) is 0 Å². The minimum Gasteiger partial charge on any atom is -0.0654 e. The van der Waals surface area contributed by atoms with Crippen molar-refractivity contribution >= 4 is 0 Å². The summed E-state index contributed by atoms with van der Waals surface area (Å²) in [6, 6.07) is 0. The zero-order chi connectivity index (χ0) is 19.1. The Morgan fingerprint density at radius 1 is 0.423 bits per heavy atom. The molecule has 0 fully saturated rings. The first-order chi connectivity index (χ1) is 12.8. The van der Waals surface area contributed by atoms with Crippen LogP contribution in [-0.2, 0) is 0 Å². The van der Waals surface area contributed by atoms with Gasteiger partial charge in [0.05, 0.1) is 0 Å². The number of rotatable bonds is 22. The van der Waals surface area contributed by atoms with Gasteiger partial charge in [-0.3, -0.25) is 0 Å². The molecule has 0 nitrogen and oxygen atoms in total. The van der Waals surface area contributed by atoms with Crippen LogP contribution in [0.5, 0.6) is 0 Å². The van der Waals surface area contributed by atoms with Crippen molar-refractivity contribution in [2.24, 2.45) is 5.92 Å². The summed E-state index contributed by atoms with van der Waals surface area (Å²) in [7, 11) is 0. The fraction of sp³-hybridized carbons (Fsp3) is 0.962. The molecule has 0 bridgehead atoms. The monoisotopic (exact) mass is 365 g/mol. The van der Waals surface area contributed by atoms with Crippen molar-refractivity contribution in [3.63, 3.8) is 0 Å². The summed E-state index contributed by atoms with van der Waals surface area (Å²) in [6.45, 7) is 8.72. The molecule has 0 aliphatic heterocycles. The van der Waals surface area contributed by atoms with E-state index in [9.17, 15) is 0 Å². The van der Waals surface area contributed by atoms with Gasteiger partial charge >= 0.3 is 0 Å². The lowest BCUT2D eigenvalue weighted by atomic mass is 9.90. The van der Waals surface area contributed by atoms with E-state index < -0.39 is 0 Å². The van der Waals surface area contributed by atoms with Crippen molar-refractivity contribution in [2.45, 2.75) is 155 Å². The van der Waals surface area contributed by atoms with E-state index in [0.29, 0.717) is 0 Å². The maximum absolute atomic E-state index is 4.11. The van der Waals surface area contributed by atoms with Crippen LogP contribution in [-0.4, -0.2) is 0 Å². The van der Waals surface area contributed by atoms with Gasteiger partial charge in [0.15, 0.2) is 0 Å². The first kappa shape index (κ1) is 26.0.